The smallest absolute Gasteiger partial charge is 0.0104 e. The third kappa shape index (κ3) is 6.72. The van der Waals surface area contributed by atoms with Gasteiger partial charge >= 0.3 is 0 Å². The molecule has 0 amide bonds. The summed E-state index contributed by atoms with van der Waals surface area (Å²) < 4.78 is 0. The molecule has 1 N–H and O–H groups in total. The maximum atomic E-state index is 3.51. The second-order valence-corrected chi connectivity index (χ2v) is 6.32. The van der Waals surface area contributed by atoms with E-state index in [0.29, 0.717) is 0 Å². The van der Waals surface area contributed by atoms with Crippen LogP contribution in [0.25, 0.3) is 0 Å². The van der Waals surface area contributed by atoms with Gasteiger partial charge in [0.05, 0.1) is 0 Å². The lowest BCUT2D eigenvalue weighted by Crippen LogP contribution is -2.39. The predicted molar refractivity (Wildman–Crippen MR) is 80.1 cm³/mol. The Morgan fingerprint density at radius 1 is 1.28 bits per heavy atom. The van der Waals surface area contributed by atoms with Gasteiger partial charge in [-0.2, -0.15) is 0 Å². The molecule has 0 aromatic rings. The largest absolute Gasteiger partial charge is 0.315 e. The fourth-order valence-corrected chi connectivity index (χ4v) is 2.65. The van der Waals surface area contributed by atoms with Gasteiger partial charge in [-0.25, -0.2) is 0 Å². The molecule has 18 heavy (non-hydrogen) atoms. The van der Waals surface area contributed by atoms with E-state index in [0.717, 1.165) is 25.0 Å². The molecule has 1 unspecified atom stereocenters. The van der Waals surface area contributed by atoms with Crippen LogP contribution < -0.4 is 5.32 Å². The lowest BCUT2D eigenvalue weighted by molar-refractivity contribution is 0.160. The van der Waals surface area contributed by atoms with Crippen LogP contribution >= 0.6 is 0 Å². The van der Waals surface area contributed by atoms with E-state index in [1.807, 2.05) is 0 Å². The van der Waals surface area contributed by atoms with Crippen molar-refractivity contribution in [3.8, 4) is 0 Å². The van der Waals surface area contributed by atoms with Crippen molar-refractivity contribution in [2.24, 2.45) is 5.92 Å². The van der Waals surface area contributed by atoms with Crippen LogP contribution in [0.1, 0.15) is 39.5 Å². The standard InChI is InChI=1S/C15H33N3/c1-14(2)13-16-9-12-17(3)11-8-15-7-5-6-10-18(15)4/h14-16H,5-13H2,1-4H3. The molecule has 1 heterocycles. The SMILES string of the molecule is CC(C)CNCCN(C)CCC1CCCCN1C. The van der Waals surface area contributed by atoms with E-state index in [-0.39, 0.29) is 0 Å². The summed E-state index contributed by atoms with van der Waals surface area (Å²) >= 11 is 0. The van der Waals surface area contributed by atoms with Crippen molar-refractivity contribution in [3.63, 3.8) is 0 Å². The van der Waals surface area contributed by atoms with Gasteiger partial charge in [0.2, 0.25) is 0 Å². The van der Waals surface area contributed by atoms with Gasteiger partial charge in [-0.05, 0) is 58.9 Å². The Kier molecular flexibility index (Phi) is 7.87. The molecule has 0 bridgehead atoms. The third-order valence-corrected chi connectivity index (χ3v) is 3.99. The van der Waals surface area contributed by atoms with Crippen molar-refractivity contribution < 1.29 is 0 Å². The van der Waals surface area contributed by atoms with E-state index in [9.17, 15) is 0 Å². The van der Waals surface area contributed by atoms with E-state index < -0.39 is 0 Å². The summed E-state index contributed by atoms with van der Waals surface area (Å²) in [4.78, 5) is 5.02. The first-order chi connectivity index (χ1) is 8.59. The number of piperidine rings is 1. The Labute approximate surface area is 114 Å². The zero-order valence-corrected chi connectivity index (χ0v) is 12.9. The summed E-state index contributed by atoms with van der Waals surface area (Å²) in [6.45, 7) is 10.5. The number of likely N-dealkylation sites (N-methyl/N-ethyl adjacent to an activating group) is 1. The maximum absolute atomic E-state index is 3.51. The van der Waals surface area contributed by atoms with Crippen LogP contribution in [-0.4, -0.2) is 62.7 Å². The third-order valence-electron chi connectivity index (χ3n) is 3.99. The number of nitrogens with one attached hydrogen (secondary N) is 1. The quantitative estimate of drug-likeness (QED) is 0.670. The summed E-state index contributed by atoms with van der Waals surface area (Å²) in [6.07, 6.45) is 5.55. The number of hydrogen-bond acceptors (Lipinski definition) is 3. The average molecular weight is 255 g/mol. The van der Waals surface area contributed by atoms with Gasteiger partial charge in [0, 0.05) is 19.1 Å². The first-order valence-corrected chi connectivity index (χ1v) is 7.69. The second kappa shape index (κ2) is 8.89. The van der Waals surface area contributed by atoms with Crippen LogP contribution in [0, 0.1) is 5.92 Å². The normalized spacial score (nSPS) is 22.0. The van der Waals surface area contributed by atoms with Crippen molar-refractivity contribution >= 4 is 0 Å². The van der Waals surface area contributed by atoms with E-state index >= 15 is 0 Å². The highest BCUT2D eigenvalue weighted by molar-refractivity contribution is 4.75. The van der Waals surface area contributed by atoms with Crippen molar-refractivity contribution in [3.05, 3.63) is 0 Å². The van der Waals surface area contributed by atoms with Crippen LogP contribution in [0.4, 0.5) is 0 Å². The van der Waals surface area contributed by atoms with Crippen LogP contribution in [0.3, 0.4) is 0 Å². The fourth-order valence-electron chi connectivity index (χ4n) is 2.65. The minimum Gasteiger partial charge on any atom is -0.315 e. The Morgan fingerprint density at radius 2 is 2.06 bits per heavy atom. The molecular weight excluding hydrogens is 222 g/mol. The molecular formula is C15H33N3. The molecule has 0 aromatic heterocycles. The Morgan fingerprint density at radius 3 is 2.72 bits per heavy atom. The van der Waals surface area contributed by atoms with E-state index in [4.69, 9.17) is 0 Å². The van der Waals surface area contributed by atoms with Gasteiger partial charge in [0.15, 0.2) is 0 Å². The molecule has 1 atom stereocenters. The fraction of sp³-hybridized carbons (Fsp3) is 1.00. The van der Waals surface area contributed by atoms with Gasteiger partial charge in [-0.1, -0.05) is 20.3 Å². The van der Waals surface area contributed by atoms with Crippen molar-refractivity contribution in [2.75, 3.05) is 46.8 Å². The Balaban J connectivity index is 2.03. The Hall–Kier alpha value is -0.120. The van der Waals surface area contributed by atoms with Crippen molar-refractivity contribution in [2.45, 2.75) is 45.6 Å². The lowest BCUT2D eigenvalue weighted by Gasteiger charge is -2.33. The molecule has 0 spiro atoms. The van der Waals surface area contributed by atoms with E-state index in [2.05, 4.69) is 43.1 Å². The molecule has 1 rings (SSSR count). The zero-order valence-electron chi connectivity index (χ0n) is 12.9. The minimum absolute atomic E-state index is 0.756. The van der Waals surface area contributed by atoms with Gasteiger partial charge < -0.3 is 15.1 Å². The highest BCUT2D eigenvalue weighted by atomic mass is 15.2. The summed E-state index contributed by atoms with van der Waals surface area (Å²) in [5.74, 6) is 0.756. The number of likely N-dealkylation sites (tertiary alicyclic amines) is 1. The van der Waals surface area contributed by atoms with Crippen molar-refractivity contribution in [1.29, 1.82) is 0 Å². The number of nitrogens with zero attached hydrogens (tertiary/aromatic N) is 2. The summed E-state index contributed by atoms with van der Waals surface area (Å²) in [5, 5.41) is 3.51. The first kappa shape index (κ1) is 15.9. The molecule has 0 aromatic carbocycles. The van der Waals surface area contributed by atoms with Crippen LogP contribution in [-0.2, 0) is 0 Å². The first-order valence-electron chi connectivity index (χ1n) is 7.69. The maximum Gasteiger partial charge on any atom is 0.0104 e. The van der Waals surface area contributed by atoms with E-state index in [1.165, 1.54) is 45.3 Å². The summed E-state index contributed by atoms with van der Waals surface area (Å²) in [6, 6.07) is 0.824. The second-order valence-electron chi connectivity index (χ2n) is 6.32. The highest BCUT2D eigenvalue weighted by Gasteiger charge is 2.18. The molecule has 1 aliphatic heterocycles. The van der Waals surface area contributed by atoms with Gasteiger partial charge in [-0.3, -0.25) is 0 Å². The monoisotopic (exact) mass is 255 g/mol. The molecule has 0 aliphatic carbocycles. The average Bonchev–Trinajstić information content (AvgIpc) is 2.33. The topological polar surface area (TPSA) is 18.5 Å². The molecule has 0 radical (unpaired) electrons. The highest BCUT2D eigenvalue weighted by Crippen LogP contribution is 2.17. The minimum atomic E-state index is 0.756. The van der Waals surface area contributed by atoms with Gasteiger partial charge in [0.1, 0.15) is 0 Å². The summed E-state index contributed by atoms with van der Waals surface area (Å²) in [5.41, 5.74) is 0. The summed E-state index contributed by atoms with van der Waals surface area (Å²) in [7, 11) is 4.54. The van der Waals surface area contributed by atoms with Crippen molar-refractivity contribution in [1.82, 2.24) is 15.1 Å². The van der Waals surface area contributed by atoms with Gasteiger partial charge in [-0.15, -0.1) is 0 Å². The number of hydrogen-bond donors (Lipinski definition) is 1. The molecule has 3 heteroatoms. The lowest BCUT2D eigenvalue weighted by atomic mass is 10.00. The molecule has 1 fully saturated rings. The molecule has 1 saturated heterocycles. The number of rotatable bonds is 8. The predicted octanol–water partition coefficient (Wildman–Crippen LogP) is 2.04. The Bertz CT molecular complexity index is 206. The van der Waals surface area contributed by atoms with Gasteiger partial charge in [0.25, 0.3) is 0 Å². The molecule has 0 saturated carbocycles. The molecule has 1 aliphatic rings. The van der Waals surface area contributed by atoms with Crippen LogP contribution in [0.15, 0.2) is 0 Å². The molecule has 108 valence electrons. The van der Waals surface area contributed by atoms with Crippen LogP contribution in [0.2, 0.25) is 0 Å². The zero-order chi connectivity index (χ0) is 13.4. The van der Waals surface area contributed by atoms with Crippen LogP contribution in [0.5, 0.6) is 0 Å². The molecule has 3 nitrogen and oxygen atoms in total. The van der Waals surface area contributed by atoms with E-state index in [1.54, 1.807) is 0 Å².